The topological polar surface area (TPSA) is 65.5 Å². The molecule has 2 aromatic rings. The summed E-state index contributed by atoms with van der Waals surface area (Å²) in [6.07, 6.45) is 3.43. The number of para-hydroxylation sites is 2. The van der Waals surface area contributed by atoms with Crippen LogP contribution in [0.5, 0.6) is 0 Å². The molecule has 0 bridgehead atoms. The molecule has 1 saturated carbocycles. The first-order valence-corrected chi connectivity index (χ1v) is 8.52. The number of carbonyl (C=O) groups excluding carboxylic acids is 2. The van der Waals surface area contributed by atoms with Crippen LogP contribution in [0.3, 0.4) is 0 Å². The van der Waals surface area contributed by atoms with Crippen LogP contribution in [-0.4, -0.2) is 36.9 Å². The third-order valence-corrected chi connectivity index (χ3v) is 4.69. The van der Waals surface area contributed by atoms with E-state index >= 15 is 0 Å². The maximum atomic E-state index is 13.0. The number of carbonyl (C=O) groups is 2. The van der Waals surface area contributed by atoms with Crippen LogP contribution >= 0.6 is 0 Å². The van der Waals surface area contributed by atoms with Crippen LogP contribution in [0.15, 0.2) is 42.6 Å². The van der Waals surface area contributed by atoms with E-state index in [4.69, 9.17) is 0 Å². The molecule has 1 fully saturated rings. The van der Waals surface area contributed by atoms with Gasteiger partial charge in [-0.3, -0.25) is 9.59 Å². The van der Waals surface area contributed by atoms with Crippen LogP contribution in [0.25, 0.3) is 0 Å². The number of rotatable bonds is 3. The largest absolute Gasteiger partial charge is 0.371 e. The Kier molecular flexibility index (Phi) is 3.87. The van der Waals surface area contributed by atoms with Gasteiger partial charge in [0, 0.05) is 37.8 Å². The molecule has 128 valence electrons. The Balaban J connectivity index is 1.59. The number of hydrogen-bond donors (Lipinski definition) is 1. The van der Waals surface area contributed by atoms with Gasteiger partial charge in [0.2, 0.25) is 5.91 Å². The van der Waals surface area contributed by atoms with E-state index in [0.717, 1.165) is 30.8 Å². The fourth-order valence-electron chi connectivity index (χ4n) is 3.08. The van der Waals surface area contributed by atoms with Crippen LogP contribution in [0.1, 0.15) is 23.2 Å². The molecule has 1 aliphatic heterocycles. The van der Waals surface area contributed by atoms with Crippen molar-refractivity contribution in [1.29, 1.82) is 0 Å². The minimum atomic E-state index is -0.0788. The summed E-state index contributed by atoms with van der Waals surface area (Å²) >= 11 is 0. The monoisotopic (exact) mass is 336 g/mol. The van der Waals surface area contributed by atoms with Gasteiger partial charge in [-0.15, -0.1) is 0 Å². The molecule has 2 aliphatic rings. The van der Waals surface area contributed by atoms with Crippen molar-refractivity contribution in [3.8, 4) is 0 Å². The minimum absolute atomic E-state index is 0.0120. The van der Waals surface area contributed by atoms with Crippen molar-refractivity contribution in [2.24, 2.45) is 5.92 Å². The molecular formula is C19H20N4O2. The van der Waals surface area contributed by atoms with E-state index in [0.29, 0.717) is 17.9 Å². The average Bonchev–Trinajstić information content (AvgIpc) is 3.47. The van der Waals surface area contributed by atoms with Gasteiger partial charge in [0.1, 0.15) is 5.82 Å². The SMILES string of the molecule is CN1CCN(C(=O)c2ccnc(NC(=O)C3CC3)c2)c2ccccc21. The zero-order chi connectivity index (χ0) is 17.4. The van der Waals surface area contributed by atoms with E-state index in [1.54, 1.807) is 23.2 Å². The molecule has 1 aromatic heterocycles. The van der Waals surface area contributed by atoms with Crippen LogP contribution < -0.4 is 15.1 Å². The highest BCUT2D eigenvalue weighted by atomic mass is 16.2. The second-order valence-corrected chi connectivity index (χ2v) is 6.56. The lowest BCUT2D eigenvalue weighted by molar-refractivity contribution is -0.117. The van der Waals surface area contributed by atoms with Crippen molar-refractivity contribution in [1.82, 2.24) is 4.98 Å². The normalized spacial score (nSPS) is 16.4. The number of likely N-dealkylation sites (N-methyl/N-ethyl adjacent to an activating group) is 1. The summed E-state index contributed by atoms with van der Waals surface area (Å²) in [4.78, 5) is 33.0. The molecule has 1 N–H and O–H groups in total. The quantitative estimate of drug-likeness (QED) is 0.935. The second-order valence-electron chi connectivity index (χ2n) is 6.56. The highest BCUT2D eigenvalue weighted by Crippen LogP contribution is 2.33. The molecule has 0 atom stereocenters. The second kappa shape index (κ2) is 6.20. The van der Waals surface area contributed by atoms with Gasteiger partial charge in [-0.2, -0.15) is 0 Å². The van der Waals surface area contributed by atoms with Crippen LogP contribution in [-0.2, 0) is 4.79 Å². The third-order valence-electron chi connectivity index (χ3n) is 4.69. The number of nitrogens with one attached hydrogen (secondary N) is 1. The molecule has 6 nitrogen and oxygen atoms in total. The summed E-state index contributed by atoms with van der Waals surface area (Å²) in [5.41, 5.74) is 2.47. The average molecular weight is 336 g/mol. The molecule has 6 heteroatoms. The van der Waals surface area contributed by atoms with Crippen molar-refractivity contribution < 1.29 is 9.59 Å². The Morgan fingerprint density at radius 2 is 1.88 bits per heavy atom. The summed E-state index contributed by atoms with van der Waals surface area (Å²) in [6.45, 7) is 1.40. The van der Waals surface area contributed by atoms with Gasteiger partial charge in [-0.05, 0) is 37.1 Å². The van der Waals surface area contributed by atoms with Gasteiger partial charge in [0.15, 0.2) is 0 Å². The van der Waals surface area contributed by atoms with Gasteiger partial charge in [0.25, 0.3) is 5.91 Å². The molecule has 0 saturated heterocycles. The first-order valence-electron chi connectivity index (χ1n) is 8.52. The highest BCUT2D eigenvalue weighted by molar-refractivity contribution is 6.09. The summed E-state index contributed by atoms with van der Waals surface area (Å²) in [6, 6.07) is 11.2. The van der Waals surface area contributed by atoms with Crippen molar-refractivity contribution in [2.45, 2.75) is 12.8 Å². The molecule has 0 unspecified atom stereocenters. The Hall–Kier alpha value is -2.89. The van der Waals surface area contributed by atoms with Gasteiger partial charge in [-0.25, -0.2) is 4.98 Å². The van der Waals surface area contributed by atoms with E-state index < -0.39 is 0 Å². The molecule has 1 aliphatic carbocycles. The standard InChI is InChI=1S/C19H20N4O2/c1-22-10-11-23(16-5-3-2-4-15(16)22)19(25)14-8-9-20-17(12-14)21-18(24)13-6-7-13/h2-5,8-9,12-13H,6-7,10-11H2,1H3,(H,20,21,24). The lowest BCUT2D eigenvalue weighted by atomic mass is 10.1. The van der Waals surface area contributed by atoms with Gasteiger partial charge in [-0.1, -0.05) is 12.1 Å². The number of hydrogen-bond acceptors (Lipinski definition) is 4. The Morgan fingerprint density at radius 3 is 2.64 bits per heavy atom. The Bertz CT molecular complexity index is 832. The number of anilines is 3. The number of benzene rings is 1. The van der Waals surface area contributed by atoms with Crippen LogP contribution in [0.2, 0.25) is 0 Å². The van der Waals surface area contributed by atoms with Gasteiger partial charge >= 0.3 is 0 Å². The molecular weight excluding hydrogens is 316 g/mol. The third kappa shape index (κ3) is 3.07. The first-order chi connectivity index (χ1) is 12.1. The number of aromatic nitrogens is 1. The summed E-state index contributed by atoms with van der Waals surface area (Å²) < 4.78 is 0. The number of pyridine rings is 1. The molecule has 2 amide bonds. The first kappa shape index (κ1) is 15.6. The van der Waals surface area contributed by atoms with E-state index in [1.165, 1.54) is 0 Å². The summed E-state index contributed by atoms with van der Waals surface area (Å²) in [5, 5.41) is 2.80. The molecule has 0 spiro atoms. The number of nitrogens with zero attached hydrogens (tertiary/aromatic N) is 3. The minimum Gasteiger partial charge on any atom is -0.371 e. The zero-order valence-electron chi connectivity index (χ0n) is 14.1. The smallest absolute Gasteiger partial charge is 0.258 e. The Labute approximate surface area is 146 Å². The van der Waals surface area contributed by atoms with Crippen molar-refractivity contribution in [3.63, 3.8) is 0 Å². The zero-order valence-corrected chi connectivity index (χ0v) is 14.1. The van der Waals surface area contributed by atoms with Gasteiger partial charge < -0.3 is 15.1 Å². The predicted molar refractivity (Wildman–Crippen MR) is 97.0 cm³/mol. The predicted octanol–water partition coefficient (Wildman–Crippen LogP) is 2.53. The lowest BCUT2D eigenvalue weighted by Crippen LogP contribution is -2.42. The van der Waals surface area contributed by atoms with Crippen LogP contribution in [0, 0.1) is 5.92 Å². The van der Waals surface area contributed by atoms with Crippen molar-refractivity contribution >= 4 is 29.0 Å². The fourth-order valence-corrected chi connectivity index (χ4v) is 3.08. The van der Waals surface area contributed by atoms with Gasteiger partial charge in [0.05, 0.1) is 11.4 Å². The van der Waals surface area contributed by atoms with E-state index in [-0.39, 0.29) is 17.7 Å². The maximum absolute atomic E-state index is 13.0. The molecule has 25 heavy (non-hydrogen) atoms. The van der Waals surface area contributed by atoms with E-state index in [2.05, 4.69) is 15.2 Å². The molecule has 1 aromatic carbocycles. The number of amides is 2. The fraction of sp³-hybridized carbons (Fsp3) is 0.316. The van der Waals surface area contributed by atoms with Crippen LogP contribution in [0.4, 0.5) is 17.2 Å². The molecule has 4 rings (SSSR count). The van der Waals surface area contributed by atoms with Crippen molar-refractivity contribution in [3.05, 3.63) is 48.2 Å². The summed E-state index contributed by atoms with van der Waals surface area (Å²) in [5.74, 6) is 0.447. The van der Waals surface area contributed by atoms with E-state index in [9.17, 15) is 9.59 Å². The molecule has 2 heterocycles. The highest BCUT2D eigenvalue weighted by Gasteiger charge is 2.30. The maximum Gasteiger partial charge on any atom is 0.258 e. The Morgan fingerprint density at radius 1 is 1.12 bits per heavy atom. The molecule has 0 radical (unpaired) electrons. The number of fused-ring (bicyclic) bond motifs is 1. The van der Waals surface area contributed by atoms with Crippen molar-refractivity contribution in [2.75, 3.05) is 35.3 Å². The summed E-state index contributed by atoms with van der Waals surface area (Å²) in [7, 11) is 2.03. The lowest BCUT2D eigenvalue weighted by Gasteiger charge is -2.35. The van der Waals surface area contributed by atoms with E-state index in [1.807, 2.05) is 31.3 Å².